The summed E-state index contributed by atoms with van der Waals surface area (Å²) in [6.07, 6.45) is 0.418. The average Bonchev–Trinajstić information content (AvgIpc) is 2.70. The molecule has 1 atom stereocenters. The van der Waals surface area contributed by atoms with Crippen LogP contribution in [0, 0.1) is 5.92 Å². The van der Waals surface area contributed by atoms with Crippen LogP contribution in [0.25, 0.3) is 0 Å². The summed E-state index contributed by atoms with van der Waals surface area (Å²) >= 11 is 0. The van der Waals surface area contributed by atoms with Gasteiger partial charge in [0.25, 0.3) is 0 Å². The fourth-order valence-corrected chi connectivity index (χ4v) is 3.91. The highest BCUT2D eigenvalue weighted by atomic mass is 32.2. The summed E-state index contributed by atoms with van der Waals surface area (Å²) in [6, 6.07) is 6.99. The van der Waals surface area contributed by atoms with Gasteiger partial charge in [-0.3, -0.25) is 4.79 Å². The Balaban J connectivity index is 2.24. The van der Waals surface area contributed by atoms with Crippen LogP contribution < -0.4 is 4.74 Å². The molecule has 98 valence electrons. The van der Waals surface area contributed by atoms with E-state index in [1.807, 2.05) is 6.92 Å². The van der Waals surface area contributed by atoms with E-state index in [1.54, 1.807) is 24.3 Å². The number of benzene rings is 1. The van der Waals surface area contributed by atoms with Crippen LogP contribution in [0.4, 0.5) is 0 Å². The van der Waals surface area contributed by atoms with Gasteiger partial charge in [-0.1, -0.05) is 12.1 Å². The fraction of sp³-hybridized carbons (Fsp3) is 0.462. The molecule has 1 unspecified atom stereocenters. The minimum absolute atomic E-state index is 0.0354. The molecule has 1 aromatic carbocycles. The minimum atomic E-state index is -3.04. The van der Waals surface area contributed by atoms with E-state index >= 15 is 0 Å². The van der Waals surface area contributed by atoms with Gasteiger partial charge < -0.3 is 4.74 Å². The molecule has 5 heteroatoms. The first-order valence-corrected chi connectivity index (χ1v) is 7.82. The van der Waals surface area contributed by atoms with Gasteiger partial charge in [0.2, 0.25) is 0 Å². The Bertz CT molecular complexity index is 548. The lowest BCUT2D eigenvalue weighted by atomic mass is 9.96. The molecular formula is C13H16O4S. The summed E-state index contributed by atoms with van der Waals surface area (Å²) in [5.41, 5.74) is 0.487. The molecule has 0 saturated carbocycles. The molecule has 1 fully saturated rings. The van der Waals surface area contributed by atoms with Crippen LogP contribution >= 0.6 is 0 Å². The second-order valence-corrected chi connectivity index (χ2v) is 6.62. The molecule has 0 aromatic heterocycles. The van der Waals surface area contributed by atoms with Crippen LogP contribution in [-0.4, -0.2) is 32.3 Å². The predicted molar refractivity (Wildman–Crippen MR) is 68.7 cm³/mol. The van der Waals surface area contributed by atoms with E-state index in [0.717, 1.165) is 0 Å². The molecule has 1 aromatic rings. The van der Waals surface area contributed by atoms with Gasteiger partial charge in [0.05, 0.1) is 23.7 Å². The van der Waals surface area contributed by atoms with E-state index in [9.17, 15) is 13.2 Å². The van der Waals surface area contributed by atoms with Crippen LogP contribution in [0.2, 0.25) is 0 Å². The molecule has 0 N–H and O–H groups in total. The molecule has 0 aliphatic carbocycles. The van der Waals surface area contributed by atoms with Crippen molar-refractivity contribution in [3.63, 3.8) is 0 Å². The highest BCUT2D eigenvalue weighted by molar-refractivity contribution is 7.91. The van der Waals surface area contributed by atoms with Crippen LogP contribution in [-0.2, 0) is 9.84 Å². The van der Waals surface area contributed by atoms with Crippen molar-refractivity contribution in [1.82, 2.24) is 0 Å². The zero-order valence-electron chi connectivity index (χ0n) is 10.3. The Hall–Kier alpha value is -1.36. The number of ether oxygens (including phenoxy) is 1. The smallest absolute Gasteiger partial charge is 0.170 e. The number of carbonyl (C=O) groups is 1. The van der Waals surface area contributed by atoms with E-state index < -0.39 is 15.8 Å². The highest BCUT2D eigenvalue weighted by Crippen LogP contribution is 2.27. The fourth-order valence-electron chi connectivity index (χ4n) is 2.17. The van der Waals surface area contributed by atoms with Crippen LogP contribution in [0.15, 0.2) is 24.3 Å². The van der Waals surface area contributed by atoms with Crippen molar-refractivity contribution in [2.24, 2.45) is 5.92 Å². The topological polar surface area (TPSA) is 60.4 Å². The first-order chi connectivity index (χ1) is 8.53. The number of sulfone groups is 1. The molecule has 1 saturated heterocycles. The second-order valence-electron chi connectivity index (χ2n) is 4.39. The van der Waals surface area contributed by atoms with Crippen molar-refractivity contribution in [2.45, 2.75) is 13.3 Å². The maximum atomic E-state index is 12.3. The Morgan fingerprint density at radius 1 is 1.39 bits per heavy atom. The van der Waals surface area contributed by atoms with Gasteiger partial charge in [0, 0.05) is 5.92 Å². The summed E-state index contributed by atoms with van der Waals surface area (Å²) in [6.45, 7) is 2.33. The summed E-state index contributed by atoms with van der Waals surface area (Å²) in [5.74, 6) is 0.0676. The Morgan fingerprint density at radius 2 is 2.11 bits per heavy atom. The highest BCUT2D eigenvalue weighted by Gasteiger charge is 2.34. The molecule has 1 heterocycles. The number of carbonyl (C=O) groups excluding carboxylic acids is 1. The number of para-hydroxylation sites is 1. The predicted octanol–water partition coefficient (Wildman–Crippen LogP) is 1.70. The van der Waals surface area contributed by atoms with Crippen LogP contribution in [0.1, 0.15) is 23.7 Å². The second kappa shape index (κ2) is 5.10. The Labute approximate surface area is 107 Å². The number of Topliss-reactive ketones (excluding diaryl/α,β-unsaturated/α-hetero) is 1. The standard InChI is InChI=1S/C13H16O4S/c1-2-17-12-6-4-3-5-11(12)13(14)10-7-8-18(15,16)9-10/h3-6,10H,2,7-9H2,1H3. The molecule has 1 aliphatic rings. The minimum Gasteiger partial charge on any atom is -0.493 e. The van der Waals surface area contributed by atoms with E-state index in [1.165, 1.54) is 0 Å². The molecular weight excluding hydrogens is 252 g/mol. The lowest BCUT2D eigenvalue weighted by Crippen LogP contribution is -2.17. The van der Waals surface area contributed by atoms with Crippen LogP contribution in [0.3, 0.4) is 0 Å². The van der Waals surface area contributed by atoms with Gasteiger partial charge >= 0.3 is 0 Å². The Kier molecular flexibility index (Phi) is 3.71. The molecule has 1 aliphatic heterocycles. The van der Waals surface area contributed by atoms with E-state index in [0.29, 0.717) is 24.3 Å². The maximum absolute atomic E-state index is 12.3. The normalized spacial score (nSPS) is 21.7. The first-order valence-electron chi connectivity index (χ1n) is 6.00. The monoisotopic (exact) mass is 268 g/mol. The molecule has 0 radical (unpaired) electrons. The summed E-state index contributed by atoms with van der Waals surface area (Å²) in [4.78, 5) is 12.3. The number of hydrogen-bond acceptors (Lipinski definition) is 4. The third kappa shape index (κ3) is 2.72. The van der Waals surface area contributed by atoms with Gasteiger partial charge in [-0.15, -0.1) is 0 Å². The average molecular weight is 268 g/mol. The third-order valence-electron chi connectivity index (χ3n) is 3.06. The molecule has 2 rings (SSSR count). The molecule has 0 amide bonds. The van der Waals surface area contributed by atoms with Gasteiger partial charge in [-0.05, 0) is 25.5 Å². The van der Waals surface area contributed by atoms with Crippen molar-refractivity contribution in [2.75, 3.05) is 18.1 Å². The Morgan fingerprint density at radius 3 is 2.72 bits per heavy atom. The largest absolute Gasteiger partial charge is 0.493 e. The molecule has 0 spiro atoms. The van der Waals surface area contributed by atoms with Crippen molar-refractivity contribution < 1.29 is 17.9 Å². The van der Waals surface area contributed by atoms with Crippen molar-refractivity contribution >= 4 is 15.6 Å². The number of rotatable bonds is 4. The summed E-state index contributed by atoms with van der Waals surface area (Å²) in [7, 11) is -3.04. The zero-order chi connectivity index (χ0) is 13.2. The summed E-state index contributed by atoms with van der Waals surface area (Å²) < 4.78 is 28.2. The SMILES string of the molecule is CCOc1ccccc1C(=O)C1CCS(=O)(=O)C1. The molecule has 18 heavy (non-hydrogen) atoms. The molecule has 4 nitrogen and oxygen atoms in total. The quantitative estimate of drug-likeness (QED) is 0.780. The van der Waals surface area contributed by atoms with E-state index in [2.05, 4.69) is 0 Å². The lowest BCUT2D eigenvalue weighted by molar-refractivity contribution is 0.0929. The number of hydrogen-bond donors (Lipinski definition) is 0. The van der Waals surface area contributed by atoms with E-state index in [4.69, 9.17) is 4.74 Å². The molecule has 0 bridgehead atoms. The summed E-state index contributed by atoms with van der Waals surface area (Å²) in [5, 5.41) is 0. The van der Waals surface area contributed by atoms with Crippen LogP contribution in [0.5, 0.6) is 5.75 Å². The maximum Gasteiger partial charge on any atom is 0.170 e. The number of ketones is 1. The van der Waals surface area contributed by atoms with Gasteiger partial charge in [0.1, 0.15) is 5.75 Å². The van der Waals surface area contributed by atoms with Gasteiger partial charge in [0.15, 0.2) is 15.6 Å². The van der Waals surface area contributed by atoms with Crippen molar-refractivity contribution in [3.8, 4) is 5.75 Å². The lowest BCUT2D eigenvalue weighted by Gasteiger charge is -2.11. The van der Waals surface area contributed by atoms with Gasteiger partial charge in [-0.25, -0.2) is 8.42 Å². The first kappa shape index (κ1) is 13.1. The third-order valence-corrected chi connectivity index (χ3v) is 4.82. The van der Waals surface area contributed by atoms with Gasteiger partial charge in [-0.2, -0.15) is 0 Å². The van der Waals surface area contributed by atoms with Crippen molar-refractivity contribution in [1.29, 1.82) is 0 Å². The zero-order valence-corrected chi connectivity index (χ0v) is 11.1. The van der Waals surface area contributed by atoms with Crippen molar-refractivity contribution in [3.05, 3.63) is 29.8 Å². The van der Waals surface area contributed by atoms with E-state index in [-0.39, 0.29) is 17.3 Å².